The van der Waals surface area contributed by atoms with Crippen molar-refractivity contribution in [1.82, 2.24) is 20.8 Å². The lowest BCUT2D eigenvalue weighted by atomic mass is 9.95. The number of rotatable bonds is 7. The van der Waals surface area contributed by atoms with Crippen LogP contribution >= 0.6 is 11.6 Å². The molecular formula is C21H23ClN4O5. The molecule has 31 heavy (non-hydrogen) atoms. The van der Waals surface area contributed by atoms with E-state index in [9.17, 15) is 14.4 Å². The van der Waals surface area contributed by atoms with Crippen LogP contribution in [0.2, 0.25) is 5.02 Å². The van der Waals surface area contributed by atoms with Crippen molar-refractivity contribution in [3.05, 3.63) is 63.1 Å². The molecule has 2 aromatic rings. The highest BCUT2D eigenvalue weighted by Crippen LogP contribution is 2.29. The summed E-state index contributed by atoms with van der Waals surface area (Å²) in [5.41, 5.74) is 3.19. The van der Waals surface area contributed by atoms with Gasteiger partial charge in [0.1, 0.15) is 6.61 Å². The minimum atomic E-state index is -0.780. The van der Waals surface area contributed by atoms with Crippen LogP contribution in [0.3, 0.4) is 0 Å². The number of ether oxygens (including phenoxy) is 2. The smallest absolute Gasteiger partial charge is 0.338 e. The van der Waals surface area contributed by atoms with Gasteiger partial charge in [0.05, 0.1) is 36.0 Å². The van der Waals surface area contributed by atoms with E-state index in [1.165, 1.54) is 0 Å². The first kappa shape index (κ1) is 22.4. The van der Waals surface area contributed by atoms with Crippen molar-refractivity contribution < 1.29 is 23.9 Å². The number of halogens is 1. The lowest BCUT2D eigenvalue weighted by Crippen LogP contribution is -2.47. The van der Waals surface area contributed by atoms with E-state index in [2.05, 4.69) is 20.8 Å². The molecule has 2 amide bonds. The Labute approximate surface area is 184 Å². The number of aryl methyl sites for hydroxylation is 2. The molecule has 0 bridgehead atoms. The second-order valence-corrected chi connectivity index (χ2v) is 7.38. The molecule has 9 nitrogen and oxygen atoms in total. The third kappa shape index (κ3) is 5.24. The number of urea groups is 1. The second-order valence-electron chi connectivity index (χ2n) is 6.95. The van der Waals surface area contributed by atoms with Crippen LogP contribution < -0.4 is 10.6 Å². The van der Waals surface area contributed by atoms with E-state index < -0.39 is 24.0 Å². The van der Waals surface area contributed by atoms with E-state index in [0.29, 0.717) is 16.3 Å². The van der Waals surface area contributed by atoms with Gasteiger partial charge in [-0.2, -0.15) is 5.10 Å². The number of nitrogens with one attached hydrogen (secondary N) is 3. The van der Waals surface area contributed by atoms with Gasteiger partial charge >= 0.3 is 18.0 Å². The summed E-state index contributed by atoms with van der Waals surface area (Å²) in [6.07, 6.45) is 0.0169. The highest BCUT2D eigenvalue weighted by molar-refractivity contribution is 6.30. The summed E-state index contributed by atoms with van der Waals surface area (Å²) in [5, 5.41) is 12.7. The van der Waals surface area contributed by atoms with Gasteiger partial charge in [-0.1, -0.05) is 23.7 Å². The summed E-state index contributed by atoms with van der Waals surface area (Å²) >= 11 is 5.95. The maximum atomic E-state index is 12.7. The maximum absolute atomic E-state index is 12.7. The summed E-state index contributed by atoms with van der Waals surface area (Å²) in [5.74, 6) is -1.14. The molecule has 0 radical (unpaired) electrons. The number of benzene rings is 1. The van der Waals surface area contributed by atoms with Crippen LogP contribution in [0.5, 0.6) is 0 Å². The average Bonchev–Trinajstić information content (AvgIpc) is 3.04. The van der Waals surface area contributed by atoms with Crippen molar-refractivity contribution in [3.8, 4) is 0 Å². The number of carbonyl (C=O) groups excluding carboxylic acids is 3. The first-order chi connectivity index (χ1) is 14.8. The van der Waals surface area contributed by atoms with E-state index in [-0.39, 0.29) is 30.9 Å². The number of aromatic amines is 1. The SMILES string of the molecule is CCOC(=O)C1=C(COC(=O)Cc2c(C)n[nH]c2C)NC(=O)N[C@@H]1c1ccc(Cl)cc1. The zero-order valence-electron chi connectivity index (χ0n) is 17.4. The van der Waals surface area contributed by atoms with E-state index in [0.717, 1.165) is 11.3 Å². The Morgan fingerprint density at radius 1 is 1.16 bits per heavy atom. The quantitative estimate of drug-likeness (QED) is 0.562. The van der Waals surface area contributed by atoms with Crippen LogP contribution in [-0.2, 0) is 25.5 Å². The van der Waals surface area contributed by atoms with Gasteiger partial charge in [-0.15, -0.1) is 0 Å². The minimum Gasteiger partial charge on any atom is -0.463 e. The van der Waals surface area contributed by atoms with Crippen molar-refractivity contribution in [1.29, 1.82) is 0 Å². The average molecular weight is 447 g/mol. The molecule has 0 spiro atoms. The summed E-state index contributed by atoms with van der Waals surface area (Å²) < 4.78 is 10.5. The molecule has 3 N–H and O–H groups in total. The van der Waals surface area contributed by atoms with Crippen LogP contribution in [0.1, 0.15) is 35.5 Å². The van der Waals surface area contributed by atoms with Crippen molar-refractivity contribution in [2.45, 2.75) is 33.2 Å². The monoisotopic (exact) mass is 446 g/mol. The Balaban J connectivity index is 1.86. The molecule has 0 fully saturated rings. The molecule has 0 aliphatic carbocycles. The van der Waals surface area contributed by atoms with Gasteiger partial charge in [0.25, 0.3) is 0 Å². The highest BCUT2D eigenvalue weighted by Gasteiger charge is 2.34. The summed E-state index contributed by atoms with van der Waals surface area (Å²) in [6, 6.07) is 5.40. The predicted molar refractivity (Wildman–Crippen MR) is 112 cm³/mol. The van der Waals surface area contributed by atoms with E-state index in [1.54, 1.807) is 38.1 Å². The summed E-state index contributed by atoms with van der Waals surface area (Å²) in [7, 11) is 0. The molecule has 1 aliphatic rings. The lowest BCUT2D eigenvalue weighted by Gasteiger charge is -2.29. The topological polar surface area (TPSA) is 122 Å². The fourth-order valence-electron chi connectivity index (χ4n) is 3.27. The Bertz CT molecular complexity index is 1010. The van der Waals surface area contributed by atoms with Gasteiger partial charge in [0.2, 0.25) is 0 Å². The normalized spacial score (nSPS) is 15.9. The Hall–Kier alpha value is -3.33. The summed E-state index contributed by atoms with van der Waals surface area (Å²) in [4.78, 5) is 37.3. The van der Waals surface area contributed by atoms with Crippen molar-refractivity contribution in [3.63, 3.8) is 0 Å². The molecule has 10 heteroatoms. The first-order valence-electron chi connectivity index (χ1n) is 9.69. The standard InChI is InChI=1S/C21H23ClN4O5/c1-4-30-20(28)18-16(10-31-17(27)9-15-11(2)25-26-12(15)3)23-21(29)24-19(18)13-5-7-14(22)8-6-13/h5-8,19H,4,9-10H2,1-3H3,(H,25,26)(H2,23,24,29)/t19-/m1/s1. The fraction of sp³-hybridized carbons (Fsp3) is 0.333. The fourth-order valence-corrected chi connectivity index (χ4v) is 3.40. The number of H-pyrrole nitrogens is 1. The van der Waals surface area contributed by atoms with Gasteiger partial charge < -0.3 is 20.1 Å². The number of hydrogen-bond acceptors (Lipinski definition) is 6. The Morgan fingerprint density at radius 3 is 2.48 bits per heavy atom. The number of amides is 2. The van der Waals surface area contributed by atoms with Crippen LogP contribution in [0.15, 0.2) is 35.5 Å². The number of nitrogens with zero attached hydrogens (tertiary/aromatic N) is 1. The number of aromatic nitrogens is 2. The molecule has 0 saturated heterocycles. The molecule has 164 valence electrons. The number of carbonyl (C=O) groups is 3. The molecule has 1 aromatic heterocycles. The van der Waals surface area contributed by atoms with E-state index in [1.807, 2.05) is 6.92 Å². The van der Waals surface area contributed by atoms with Crippen LogP contribution in [-0.4, -0.2) is 41.4 Å². The Kier molecular flexibility index (Phi) is 6.96. The van der Waals surface area contributed by atoms with Crippen molar-refractivity contribution in [2.75, 3.05) is 13.2 Å². The molecule has 1 aromatic carbocycles. The third-order valence-electron chi connectivity index (χ3n) is 4.83. The number of esters is 2. The van der Waals surface area contributed by atoms with Gasteiger partial charge in [-0.25, -0.2) is 9.59 Å². The van der Waals surface area contributed by atoms with Gasteiger partial charge in [-0.3, -0.25) is 9.89 Å². The molecule has 3 rings (SSSR count). The summed E-state index contributed by atoms with van der Waals surface area (Å²) in [6.45, 7) is 5.14. The molecule has 0 unspecified atom stereocenters. The first-order valence-corrected chi connectivity index (χ1v) is 10.1. The number of hydrogen-bond donors (Lipinski definition) is 3. The van der Waals surface area contributed by atoms with Crippen LogP contribution in [0, 0.1) is 13.8 Å². The predicted octanol–water partition coefficient (Wildman–Crippen LogP) is 2.64. The lowest BCUT2D eigenvalue weighted by molar-refractivity contribution is -0.143. The zero-order valence-corrected chi connectivity index (χ0v) is 18.1. The molecule has 2 heterocycles. The zero-order chi connectivity index (χ0) is 22.5. The largest absolute Gasteiger partial charge is 0.463 e. The van der Waals surface area contributed by atoms with Crippen LogP contribution in [0.4, 0.5) is 4.79 Å². The third-order valence-corrected chi connectivity index (χ3v) is 5.08. The molecular weight excluding hydrogens is 424 g/mol. The van der Waals surface area contributed by atoms with E-state index >= 15 is 0 Å². The molecule has 1 aliphatic heterocycles. The molecule has 0 saturated carbocycles. The van der Waals surface area contributed by atoms with Gasteiger partial charge in [-0.05, 0) is 38.5 Å². The molecule has 1 atom stereocenters. The minimum absolute atomic E-state index is 0.0169. The van der Waals surface area contributed by atoms with Gasteiger partial charge in [0.15, 0.2) is 0 Å². The Morgan fingerprint density at radius 2 is 1.87 bits per heavy atom. The van der Waals surface area contributed by atoms with Crippen molar-refractivity contribution in [2.24, 2.45) is 0 Å². The maximum Gasteiger partial charge on any atom is 0.338 e. The van der Waals surface area contributed by atoms with Crippen molar-refractivity contribution >= 4 is 29.6 Å². The van der Waals surface area contributed by atoms with E-state index in [4.69, 9.17) is 21.1 Å². The van der Waals surface area contributed by atoms with Gasteiger partial charge in [0, 0.05) is 16.3 Å². The highest BCUT2D eigenvalue weighted by atomic mass is 35.5. The second kappa shape index (κ2) is 9.65. The van der Waals surface area contributed by atoms with Crippen LogP contribution in [0.25, 0.3) is 0 Å².